The van der Waals surface area contributed by atoms with Gasteiger partial charge in [0.2, 0.25) is 5.91 Å². The average molecular weight is 382 g/mol. The number of rotatable bonds is 6. The second-order valence-corrected chi connectivity index (χ2v) is 5.02. The van der Waals surface area contributed by atoms with Gasteiger partial charge in [-0.2, -0.15) is 0 Å². The number of nitrogens with zero attached hydrogens (tertiary/aromatic N) is 2. The molecule has 0 bridgehead atoms. The Morgan fingerprint density at radius 1 is 1.37 bits per heavy atom. The van der Waals surface area contributed by atoms with E-state index >= 15 is 0 Å². The molecule has 0 aromatic carbocycles. The summed E-state index contributed by atoms with van der Waals surface area (Å²) in [5, 5.41) is 6.57. The average Bonchev–Trinajstić information content (AvgIpc) is 3.04. The van der Waals surface area contributed by atoms with Crippen molar-refractivity contribution >= 4 is 35.8 Å². The fourth-order valence-electron chi connectivity index (χ4n) is 1.90. The zero-order chi connectivity index (χ0) is 13.5. The van der Waals surface area contributed by atoms with Crippen molar-refractivity contribution in [2.24, 2.45) is 10.9 Å². The van der Waals surface area contributed by atoms with E-state index in [1.165, 1.54) is 19.3 Å². The normalized spacial score (nSPS) is 21.4. The molecule has 19 heavy (non-hydrogen) atoms. The van der Waals surface area contributed by atoms with Gasteiger partial charge in [0.1, 0.15) is 6.54 Å². The van der Waals surface area contributed by atoms with Crippen molar-refractivity contribution in [1.29, 1.82) is 0 Å². The topological polar surface area (TPSA) is 56.7 Å². The lowest BCUT2D eigenvalue weighted by Gasteiger charge is -2.12. The first-order valence-electron chi connectivity index (χ1n) is 6.83. The van der Waals surface area contributed by atoms with Crippen molar-refractivity contribution in [2.45, 2.75) is 39.2 Å². The molecule has 0 aromatic rings. The van der Waals surface area contributed by atoms with Gasteiger partial charge >= 0.3 is 0 Å². The van der Waals surface area contributed by atoms with Crippen molar-refractivity contribution in [1.82, 2.24) is 15.5 Å². The number of carbonyl (C=O) groups is 1. The van der Waals surface area contributed by atoms with Crippen molar-refractivity contribution in [2.75, 3.05) is 27.2 Å². The molecule has 1 aliphatic rings. The van der Waals surface area contributed by atoms with Crippen molar-refractivity contribution in [3.63, 3.8) is 0 Å². The first kappa shape index (κ1) is 18.5. The Balaban J connectivity index is 0.00000324. The van der Waals surface area contributed by atoms with E-state index in [0.29, 0.717) is 6.04 Å². The summed E-state index contributed by atoms with van der Waals surface area (Å²) >= 11 is 0. The van der Waals surface area contributed by atoms with Crippen LogP contribution in [0.25, 0.3) is 0 Å². The molecule has 5 nitrogen and oxygen atoms in total. The maximum absolute atomic E-state index is 11.5. The Labute approximate surface area is 133 Å². The quantitative estimate of drug-likeness (QED) is 0.415. The molecule has 0 saturated heterocycles. The van der Waals surface area contributed by atoms with E-state index in [1.807, 2.05) is 6.92 Å². The summed E-state index contributed by atoms with van der Waals surface area (Å²) in [5.41, 5.74) is 0. The molecule has 0 aliphatic heterocycles. The summed E-state index contributed by atoms with van der Waals surface area (Å²) in [5.74, 6) is 1.56. The predicted molar refractivity (Wildman–Crippen MR) is 90.0 cm³/mol. The molecule has 0 aromatic heterocycles. The molecule has 6 heteroatoms. The number of carbonyl (C=O) groups excluding carboxylic acids is 1. The molecule has 1 amide bonds. The van der Waals surface area contributed by atoms with Gasteiger partial charge in [0.25, 0.3) is 0 Å². The first-order chi connectivity index (χ1) is 8.58. The van der Waals surface area contributed by atoms with Gasteiger partial charge in [0.05, 0.1) is 0 Å². The van der Waals surface area contributed by atoms with Crippen LogP contribution in [0.1, 0.15) is 33.1 Å². The zero-order valence-corrected chi connectivity index (χ0v) is 14.7. The van der Waals surface area contributed by atoms with Crippen LogP contribution in [0.4, 0.5) is 0 Å². The number of aliphatic imine (C=N–C) groups is 1. The highest BCUT2D eigenvalue weighted by Gasteiger charge is 2.36. The summed E-state index contributed by atoms with van der Waals surface area (Å²) in [6.45, 7) is 5.26. The largest absolute Gasteiger partial charge is 0.357 e. The highest BCUT2D eigenvalue weighted by molar-refractivity contribution is 14.0. The van der Waals surface area contributed by atoms with Gasteiger partial charge in [-0.15, -0.1) is 24.0 Å². The number of hydrogen-bond acceptors (Lipinski definition) is 2. The van der Waals surface area contributed by atoms with Crippen LogP contribution in [0, 0.1) is 5.92 Å². The van der Waals surface area contributed by atoms with E-state index in [2.05, 4.69) is 22.5 Å². The Kier molecular flexibility index (Phi) is 9.12. The van der Waals surface area contributed by atoms with Gasteiger partial charge in [0, 0.05) is 26.7 Å². The van der Waals surface area contributed by atoms with Gasteiger partial charge < -0.3 is 15.5 Å². The summed E-state index contributed by atoms with van der Waals surface area (Å²) < 4.78 is 0. The van der Waals surface area contributed by atoms with Crippen LogP contribution in [0.15, 0.2) is 4.99 Å². The minimum Gasteiger partial charge on any atom is -0.357 e. The maximum atomic E-state index is 11.5. The molecule has 112 valence electrons. The summed E-state index contributed by atoms with van der Waals surface area (Å²) in [4.78, 5) is 17.4. The van der Waals surface area contributed by atoms with E-state index < -0.39 is 0 Å². The second kappa shape index (κ2) is 9.39. The van der Waals surface area contributed by atoms with E-state index in [1.54, 1.807) is 19.0 Å². The molecule has 1 fully saturated rings. The summed E-state index contributed by atoms with van der Waals surface area (Å²) in [6.07, 6.45) is 3.73. The molecule has 1 saturated carbocycles. The van der Waals surface area contributed by atoms with Crippen molar-refractivity contribution < 1.29 is 4.79 Å². The molecule has 0 radical (unpaired) electrons. The lowest BCUT2D eigenvalue weighted by molar-refractivity contribution is -0.127. The lowest BCUT2D eigenvalue weighted by atomic mass is 10.2. The molecular weight excluding hydrogens is 355 g/mol. The third-order valence-corrected chi connectivity index (χ3v) is 3.12. The zero-order valence-electron chi connectivity index (χ0n) is 12.4. The number of guanidine groups is 1. The summed E-state index contributed by atoms with van der Waals surface area (Å²) in [7, 11) is 3.49. The molecule has 2 N–H and O–H groups in total. The van der Waals surface area contributed by atoms with Crippen LogP contribution < -0.4 is 10.6 Å². The van der Waals surface area contributed by atoms with Crippen LogP contribution in [0.2, 0.25) is 0 Å². The lowest BCUT2D eigenvalue weighted by Crippen LogP contribution is -2.40. The second-order valence-electron chi connectivity index (χ2n) is 5.02. The Morgan fingerprint density at radius 2 is 2.05 bits per heavy atom. The molecule has 1 rings (SSSR count). The van der Waals surface area contributed by atoms with Gasteiger partial charge in [-0.05, 0) is 25.7 Å². The van der Waals surface area contributed by atoms with Crippen LogP contribution in [0.5, 0.6) is 0 Å². The standard InChI is InChI=1S/C13H26N4O.HI/c1-5-7-10-8-11(10)16-13(14-6-2)15-9-12(18)17(3)4;/h10-11H,5-9H2,1-4H3,(H2,14,15,16);1H. The maximum Gasteiger partial charge on any atom is 0.243 e. The smallest absolute Gasteiger partial charge is 0.243 e. The van der Waals surface area contributed by atoms with E-state index in [4.69, 9.17) is 0 Å². The molecular formula is C13H27IN4O. The fraction of sp³-hybridized carbons (Fsp3) is 0.846. The van der Waals surface area contributed by atoms with Gasteiger partial charge in [-0.1, -0.05) is 13.3 Å². The number of amides is 1. The van der Waals surface area contributed by atoms with E-state index in [-0.39, 0.29) is 36.4 Å². The van der Waals surface area contributed by atoms with Gasteiger partial charge in [-0.25, -0.2) is 4.99 Å². The number of hydrogen-bond donors (Lipinski definition) is 2. The molecule has 0 heterocycles. The Bertz CT molecular complexity index is 307. The van der Waals surface area contributed by atoms with Gasteiger partial charge in [0.15, 0.2) is 5.96 Å². The third kappa shape index (κ3) is 6.98. The van der Waals surface area contributed by atoms with Crippen molar-refractivity contribution in [3.05, 3.63) is 0 Å². The van der Waals surface area contributed by atoms with E-state index in [0.717, 1.165) is 18.4 Å². The third-order valence-electron chi connectivity index (χ3n) is 3.12. The number of likely N-dealkylation sites (N-methyl/N-ethyl adjacent to an activating group) is 1. The first-order valence-corrected chi connectivity index (χ1v) is 6.83. The fourth-order valence-corrected chi connectivity index (χ4v) is 1.90. The van der Waals surface area contributed by atoms with Crippen LogP contribution >= 0.6 is 24.0 Å². The number of nitrogens with one attached hydrogen (secondary N) is 2. The highest BCUT2D eigenvalue weighted by Crippen LogP contribution is 2.34. The van der Waals surface area contributed by atoms with E-state index in [9.17, 15) is 4.79 Å². The van der Waals surface area contributed by atoms with Crippen LogP contribution in [-0.4, -0.2) is 50.0 Å². The molecule has 2 unspecified atom stereocenters. The summed E-state index contributed by atoms with van der Waals surface area (Å²) in [6, 6.07) is 0.539. The van der Waals surface area contributed by atoms with Gasteiger partial charge in [-0.3, -0.25) is 4.79 Å². The monoisotopic (exact) mass is 382 g/mol. The van der Waals surface area contributed by atoms with Crippen LogP contribution in [0.3, 0.4) is 0 Å². The Morgan fingerprint density at radius 3 is 2.58 bits per heavy atom. The molecule has 1 aliphatic carbocycles. The van der Waals surface area contributed by atoms with Crippen LogP contribution in [-0.2, 0) is 4.79 Å². The minimum absolute atomic E-state index is 0. The van der Waals surface area contributed by atoms with Crippen molar-refractivity contribution in [3.8, 4) is 0 Å². The predicted octanol–water partition coefficient (Wildman–Crippen LogP) is 1.44. The number of halogens is 1. The highest BCUT2D eigenvalue weighted by atomic mass is 127. The molecule has 2 atom stereocenters. The SMILES string of the molecule is CCCC1CC1NC(=NCC(=O)N(C)C)NCC.I. The Hall–Kier alpha value is -0.530. The minimum atomic E-state index is 0. The molecule has 0 spiro atoms.